The van der Waals surface area contributed by atoms with Gasteiger partial charge in [-0.1, -0.05) is 18.5 Å². The summed E-state index contributed by atoms with van der Waals surface area (Å²) in [4.78, 5) is 26.3. The normalized spacial score (nSPS) is 16.8. The van der Waals surface area contributed by atoms with Gasteiger partial charge in [0.15, 0.2) is 0 Å². The molecule has 1 heterocycles. The Kier molecular flexibility index (Phi) is 7.94. The van der Waals surface area contributed by atoms with Gasteiger partial charge in [0, 0.05) is 23.8 Å². The van der Waals surface area contributed by atoms with Crippen LogP contribution in [0.25, 0.3) is 0 Å². The Morgan fingerprint density at radius 1 is 1.26 bits per heavy atom. The van der Waals surface area contributed by atoms with Crippen LogP contribution in [0, 0.1) is 0 Å². The van der Waals surface area contributed by atoms with Crippen molar-refractivity contribution in [3.05, 3.63) is 40.6 Å². The summed E-state index contributed by atoms with van der Waals surface area (Å²) >= 11 is 5.86. The van der Waals surface area contributed by atoms with Crippen molar-refractivity contribution in [1.29, 1.82) is 0 Å². The maximum Gasteiger partial charge on any atom is 0.337 e. The predicted molar refractivity (Wildman–Crippen MR) is 104 cm³/mol. The van der Waals surface area contributed by atoms with Crippen LogP contribution in [0.4, 0.5) is 4.79 Å². The van der Waals surface area contributed by atoms with Crippen LogP contribution >= 0.6 is 11.6 Å². The molecular formula is C19H26ClN3O4. The lowest BCUT2D eigenvalue weighted by Crippen LogP contribution is -2.52. The number of benzene rings is 1. The van der Waals surface area contributed by atoms with E-state index < -0.39 is 5.97 Å². The van der Waals surface area contributed by atoms with E-state index in [1.165, 1.54) is 0 Å². The number of ether oxygens (including phenoxy) is 2. The second-order valence-corrected chi connectivity index (χ2v) is 6.65. The Morgan fingerprint density at radius 2 is 1.96 bits per heavy atom. The minimum absolute atomic E-state index is 0.283. The van der Waals surface area contributed by atoms with Crippen molar-refractivity contribution in [3.8, 4) is 5.75 Å². The summed E-state index contributed by atoms with van der Waals surface area (Å²) in [5, 5.41) is 6.17. The van der Waals surface area contributed by atoms with E-state index in [0.29, 0.717) is 42.4 Å². The zero-order chi connectivity index (χ0) is 19.8. The molecule has 27 heavy (non-hydrogen) atoms. The van der Waals surface area contributed by atoms with E-state index in [1.54, 1.807) is 19.1 Å². The highest BCUT2D eigenvalue weighted by atomic mass is 35.5. The summed E-state index contributed by atoms with van der Waals surface area (Å²) in [5.74, 6) is 0.332. The van der Waals surface area contributed by atoms with Gasteiger partial charge in [-0.3, -0.25) is 4.90 Å². The van der Waals surface area contributed by atoms with Crippen LogP contribution in [-0.2, 0) is 9.53 Å². The van der Waals surface area contributed by atoms with Gasteiger partial charge in [0.1, 0.15) is 12.4 Å². The lowest BCUT2D eigenvalue weighted by atomic mass is 10.00. The van der Waals surface area contributed by atoms with Crippen LogP contribution in [0.15, 0.2) is 35.5 Å². The first-order chi connectivity index (χ1) is 12.9. The monoisotopic (exact) mass is 395 g/mol. The zero-order valence-corrected chi connectivity index (χ0v) is 16.6. The number of amides is 2. The Bertz CT molecular complexity index is 691. The molecule has 0 radical (unpaired) electrons. The first kappa shape index (κ1) is 21.1. The van der Waals surface area contributed by atoms with Crippen molar-refractivity contribution in [2.75, 3.05) is 33.4 Å². The number of esters is 1. The number of carbonyl (C=O) groups is 2. The van der Waals surface area contributed by atoms with E-state index in [1.807, 2.05) is 31.0 Å². The first-order valence-electron chi connectivity index (χ1n) is 8.99. The van der Waals surface area contributed by atoms with E-state index in [-0.39, 0.29) is 18.7 Å². The highest BCUT2D eigenvalue weighted by Crippen LogP contribution is 2.18. The third-order valence-corrected chi connectivity index (χ3v) is 4.38. The Hall–Kier alpha value is -2.25. The van der Waals surface area contributed by atoms with E-state index >= 15 is 0 Å². The van der Waals surface area contributed by atoms with Crippen molar-refractivity contribution in [1.82, 2.24) is 15.5 Å². The van der Waals surface area contributed by atoms with Gasteiger partial charge >= 0.3 is 12.0 Å². The van der Waals surface area contributed by atoms with Gasteiger partial charge < -0.3 is 20.1 Å². The molecule has 0 saturated carbocycles. The van der Waals surface area contributed by atoms with Crippen LogP contribution in [-0.4, -0.2) is 56.3 Å². The Balaban J connectivity index is 2.00. The molecule has 148 valence electrons. The average Bonchev–Trinajstić information content (AvgIpc) is 2.63. The van der Waals surface area contributed by atoms with Gasteiger partial charge in [-0.25, -0.2) is 9.59 Å². The number of nitrogens with one attached hydrogen (secondary N) is 2. The van der Waals surface area contributed by atoms with Gasteiger partial charge in [0.25, 0.3) is 0 Å². The minimum Gasteiger partial charge on any atom is -0.492 e. The number of nitrogens with zero attached hydrogens (tertiary/aromatic N) is 1. The maximum absolute atomic E-state index is 12.4. The maximum atomic E-state index is 12.4. The molecule has 1 aromatic rings. The number of hydrogen-bond acceptors (Lipinski definition) is 5. The van der Waals surface area contributed by atoms with E-state index in [9.17, 15) is 9.59 Å². The van der Waals surface area contributed by atoms with Gasteiger partial charge in [-0.15, -0.1) is 0 Å². The topological polar surface area (TPSA) is 79.9 Å². The summed E-state index contributed by atoms with van der Waals surface area (Å²) in [6.45, 7) is 5.43. The van der Waals surface area contributed by atoms with Crippen molar-refractivity contribution in [2.45, 2.75) is 26.3 Å². The smallest absolute Gasteiger partial charge is 0.337 e. The molecule has 0 unspecified atom stereocenters. The number of urea groups is 1. The van der Waals surface area contributed by atoms with Crippen LogP contribution in [0.1, 0.15) is 20.3 Å². The van der Waals surface area contributed by atoms with Crippen molar-refractivity contribution < 1.29 is 19.1 Å². The molecular weight excluding hydrogens is 370 g/mol. The molecule has 8 heteroatoms. The fraction of sp³-hybridized carbons (Fsp3) is 0.474. The van der Waals surface area contributed by atoms with Gasteiger partial charge in [-0.05, 0) is 44.7 Å². The molecule has 0 fully saturated rings. The standard InChI is InChI=1S/C19H26ClN3O4/c1-4-15-17(18(24)26-5-2)16(22-19(25)21-15)12-23(3)10-11-27-14-8-6-13(20)7-9-14/h6-9,15H,4-5,10-12H2,1-3H3,(H2,21,22,25)/t15-/m1/s1. The van der Waals surface area contributed by atoms with E-state index in [2.05, 4.69) is 10.6 Å². The number of rotatable bonds is 9. The largest absolute Gasteiger partial charge is 0.492 e. The lowest BCUT2D eigenvalue weighted by Gasteiger charge is -2.30. The molecule has 1 aromatic carbocycles. The average molecular weight is 396 g/mol. The molecule has 0 aromatic heterocycles. The fourth-order valence-electron chi connectivity index (χ4n) is 2.79. The van der Waals surface area contributed by atoms with Crippen molar-refractivity contribution in [3.63, 3.8) is 0 Å². The SMILES string of the molecule is CCOC(=O)C1=C(CN(C)CCOc2ccc(Cl)cc2)NC(=O)N[C@@H]1CC. The number of hydrogen-bond donors (Lipinski definition) is 2. The summed E-state index contributed by atoms with van der Waals surface area (Å²) in [5.41, 5.74) is 1.04. The molecule has 0 aliphatic carbocycles. The molecule has 2 amide bonds. The molecule has 2 rings (SSSR count). The fourth-order valence-corrected chi connectivity index (χ4v) is 2.91. The molecule has 7 nitrogen and oxygen atoms in total. The van der Waals surface area contributed by atoms with Crippen molar-refractivity contribution in [2.24, 2.45) is 0 Å². The second kappa shape index (κ2) is 10.2. The Morgan fingerprint density at radius 3 is 2.59 bits per heavy atom. The quantitative estimate of drug-likeness (QED) is 0.628. The molecule has 2 N–H and O–H groups in total. The van der Waals surface area contributed by atoms with Crippen LogP contribution < -0.4 is 15.4 Å². The third-order valence-electron chi connectivity index (χ3n) is 4.13. The van der Waals surface area contributed by atoms with Crippen LogP contribution in [0.3, 0.4) is 0 Å². The highest BCUT2D eigenvalue weighted by molar-refractivity contribution is 6.30. The molecule has 1 aliphatic rings. The second-order valence-electron chi connectivity index (χ2n) is 6.21. The molecule has 0 bridgehead atoms. The molecule has 0 spiro atoms. The number of likely N-dealkylation sites (N-methyl/N-ethyl adjacent to an activating group) is 1. The predicted octanol–water partition coefficient (Wildman–Crippen LogP) is 2.56. The first-order valence-corrected chi connectivity index (χ1v) is 9.37. The third kappa shape index (κ3) is 6.15. The van der Waals surface area contributed by atoms with Crippen molar-refractivity contribution >= 4 is 23.6 Å². The summed E-state index contributed by atoms with van der Waals surface area (Å²) in [6, 6.07) is 6.49. The Labute approximate surface area is 164 Å². The molecule has 1 atom stereocenters. The van der Waals surface area contributed by atoms with E-state index in [0.717, 1.165) is 5.75 Å². The van der Waals surface area contributed by atoms with E-state index in [4.69, 9.17) is 21.1 Å². The highest BCUT2D eigenvalue weighted by Gasteiger charge is 2.31. The minimum atomic E-state index is -0.405. The van der Waals surface area contributed by atoms with Gasteiger partial charge in [-0.2, -0.15) is 0 Å². The van der Waals surface area contributed by atoms with Gasteiger partial charge in [0.2, 0.25) is 0 Å². The number of carbonyl (C=O) groups excluding carboxylic acids is 2. The zero-order valence-electron chi connectivity index (χ0n) is 15.9. The molecule has 0 saturated heterocycles. The summed E-state index contributed by atoms with van der Waals surface area (Å²) < 4.78 is 10.9. The van der Waals surface area contributed by atoms with Gasteiger partial charge in [0.05, 0.1) is 18.2 Å². The van der Waals surface area contributed by atoms with Crippen LogP contribution in [0.2, 0.25) is 5.02 Å². The number of halogens is 1. The summed E-state index contributed by atoms with van der Waals surface area (Å²) in [6.07, 6.45) is 0.606. The molecule has 1 aliphatic heterocycles. The van der Waals surface area contributed by atoms with Crippen LogP contribution in [0.5, 0.6) is 5.75 Å². The lowest BCUT2D eigenvalue weighted by molar-refractivity contribution is -0.139. The summed E-state index contributed by atoms with van der Waals surface area (Å²) in [7, 11) is 1.90.